The van der Waals surface area contributed by atoms with Gasteiger partial charge < -0.3 is 5.32 Å². The third-order valence-corrected chi connectivity index (χ3v) is 5.42. The molecule has 0 spiro atoms. The number of Topliss-reactive ketones (excluding diaryl/α,β-unsaturated/α-hetero) is 1. The van der Waals surface area contributed by atoms with Gasteiger partial charge in [0, 0.05) is 36.2 Å². The number of ketones is 1. The monoisotopic (exact) mass is 328 g/mol. The molecule has 130 valence electrons. The molecule has 24 heavy (non-hydrogen) atoms. The smallest absolute Gasteiger partial charge is 0.251 e. The van der Waals surface area contributed by atoms with Gasteiger partial charge in [0.05, 0.1) is 0 Å². The minimum absolute atomic E-state index is 0.0338. The Morgan fingerprint density at radius 1 is 1.29 bits per heavy atom. The van der Waals surface area contributed by atoms with E-state index in [1.807, 2.05) is 18.2 Å². The van der Waals surface area contributed by atoms with E-state index in [4.69, 9.17) is 0 Å². The molecule has 0 bridgehead atoms. The molecule has 1 atom stereocenters. The first-order valence-electron chi connectivity index (χ1n) is 9.27. The lowest BCUT2D eigenvalue weighted by Gasteiger charge is -2.38. The number of hydrogen-bond donors (Lipinski definition) is 1. The van der Waals surface area contributed by atoms with Gasteiger partial charge in [0.2, 0.25) is 0 Å². The average Bonchev–Trinajstić information content (AvgIpc) is 2.96. The van der Waals surface area contributed by atoms with Crippen molar-refractivity contribution in [1.29, 1.82) is 0 Å². The van der Waals surface area contributed by atoms with Crippen molar-refractivity contribution in [2.75, 3.05) is 13.1 Å². The Balaban J connectivity index is 1.58. The molecule has 0 radical (unpaired) electrons. The summed E-state index contributed by atoms with van der Waals surface area (Å²) in [5, 5.41) is 3.07. The maximum Gasteiger partial charge on any atom is 0.251 e. The largest absolute Gasteiger partial charge is 0.352 e. The molecule has 1 aromatic rings. The van der Waals surface area contributed by atoms with Crippen LogP contribution in [0.15, 0.2) is 18.2 Å². The molecule has 1 aliphatic carbocycles. The van der Waals surface area contributed by atoms with Crippen LogP contribution in [-0.2, 0) is 6.42 Å². The van der Waals surface area contributed by atoms with Crippen LogP contribution in [-0.4, -0.2) is 41.8 Å². The van der Waals surface area contributed by atoms with Crippen molar-refractivity contribution in [2.45, 2.75) is 64.5 Å². The first-order chi connectivity index (χ1) is 11.6. The van der Waals surface area contributed by atoms with Gasteiger partial charge in [0.1, 0.15) is 0 Å². The minimum atomic E-state index is -0.0338. The van der Waals surface area contributed by atoms with Crippen LogP contribution in [0.2, 0.25) is 0 Å². The molecule has 1 saturated heterocycles. The topological polar surface area (TPSA) is 49.4 Å². The Morgan fingerprint density at radius 3 is 2.92 bits per heavy atom. The van der Waals surface area contributed by atoms with Crippen LogP contribution in [0, 0.1) is 0 Å². The second-order valence-electron chi connectivity index (χ2n) is 7.28. The summed E-state index contributed by atoms with van der Waals surface area (Å²) in [5.41, 5.74) is 2.35. The zero-order valence-corrected chi connectivity index (χ0v) is 14.8. The van der Waals surface area contributed by atoms with Gasteiger partial charge in [-0.1, -0.05) is 18.6 Å². The summed E-state index contributed by atoms with van der Waals surface area (Å²) < 4.78 is 0. The van der Waals surface area contributed by atoms with E-state index in [2.05, 4.69) is 24.1 Å². The number of likely N-dealkylation sites (tertiary alicyclic amines) is 1. The van der Waals surface area contributed by atoms with E-state index in [0.29, 0.717) is 37.0 Å². The van der Waals surface area contributed by atoms with E-state index in [1.54, 1.807) is 0 Å². The quantitative estimate of drug-likeness (QED) is 0.903. The zero-order chi connectivity index (χ0) is 17.1. The molecule has 3 rings (SSSR count). The highest BCUT2D eigenvalue weighted by atomic mass is 16.1. The molecular weight excluding hydrogens is 300 g/mol. The molecule has 0 aromatic heterocycles. The van der Waals surface area contributed by atoms with Crippen molar-refractivity contribution >= 4 is 11.7 Å². The van der Waals surface area contributed by atoms with E-state index < -0.39 is 0 Å². The number of carbonyl (C=O) groups excluding carboxylic acids is 2. The molecule has 0 saturated carbocycles. The van der Waals surface area contributed by atoms with Gasteiger partial charge in [-0.3, -0.25) is 14.5 Å². The van der Waals surface area contributed by atoms with E-state index in [1.165, 1.54) is 25.8 Å². The van der Waals surface area contributed by atoms with Gasteiger partial charge in [-0.2, -0.15) is 0 Å². The van der Waals surface area contributed by atoms with Gasteiger partial charge in [-0.05, 0) is 57.7 Å². The van der Waals surface area contributed by atoms with Crippen LogP contribution >= 0.6 is 0 Å². The van der Waals surface area contributed by atoms with Crippen molar-refractivity contribution < 1.29 is 9.59 Å². The number of benzene rings is 1. The molecule has 1 aliphatic heterocycles. The first kappa shape index (κ1) is 17.2. The van der Waals surface area contributed by atoms with E-state index in [-0.39, 0.29) is 11.7 Å². The lowest BCUT2D eigenvalue weighted by Crippen LogP contribution is -2.45. The number of piperidine rings is 1. The number of hydrogen-bond acceptors (Lipinski definition) is 3. The summed E-state index contributed by atoms with van der Waals surface area (Å²) in [6, 6.07) is 6.63. The molecule has 1 amide bonds. The fraction of sp³-hybridized carbons (Fsp3) is 0.600. The second kappa shape index (κ2) is 7.47. The van der Waals surface area contributed by atoms with E-state index in [9.17, 15) is 9.59 Å². The second-order valence-corrected chi connectivity index (χ2v) is 7.28. The van der Waals surface area contributed by atoms with Gasteiger partial charge >= 0.3 is 0 Å². The van der Waals surface area contributed by atoms with Crippen molar-refractivity contribution in [3.05, 3.63) is 34.9 Å². The molecule has 1 aromatic carbocycles. The third kappa shape index (κ3) is 3.54. The number of nitrogens with zero attached hydrogens (tertiary/aromatic N) is 1. The Bertz CT molecular complexity index is 624. The highest BCUT2D eigenvalue weighted by Crippen LogP contribution is 2.25. The predicted molar refractivity (Wildman–Crippen MR) is 95.5 cm³/mol. The van der Waals surface area contributed by atoms with Crippen LogP contribution in [0.25, 0.3) is 0 Å². The fourth-order valence-electron chi connectivity index (χ4n) is 4.16. The van der Waals surface area contributed by atoms with Crippen LogP contribution in [0.1, 0.15) is 72.2 Å². The summed E-state index contributed by atoms with van der Waals surface area (Å²) in [6.45, 7) is 6.37. The van der Waals surface area contributed by atoms with Crippen LogP contribution < -0.4 is 5.32 Å². The first-order valence-corrected chi connectivity index (χ1v) is 9.27. The average molecular weight is 328 g/mol. The SMILES string of the molecule is CC(C)N1CCCC[C@@H]1CCNC(=O)c1cccc2c1CCC2=O. The Kier molecular flexibility index (Phi) is 5.34. The Hall–Kier alpha value is -1.68. The van der Waals surface area contributed by atoms with Gasteiger partial charge in [0.25, 0.3) is 5.91 Å². The predicted octanol–water partition coefficient (Wildman–Crippen LogP) is 3.20. The molecule has 0 unspecified atom stereocenters. The standard InChI is InChI=1S/C20H28N2O2/c1-14(2)22-13-4-3-6-15(22)11-12-21-20(24)18-8-5-7-17-16(18)9-10-19(17)23/h5,7-8,14-15H,3-4,6,9-13H2,1-2H3,(H,21,24)/t15-/m1/s1. The number of rotatable bonds is 5. The molecule has 4 nitrogen and oxygen atoms in total. The van der Waals surface area contributed by atoms with Crippen LogP contribution in [0.5, 0.6) is 0 Å². The number of fused-ring (bicyclic) bond motifs is 1. The minimum Gasteiger partial charge on any atom is -0.352 e. The van der Waals surface area contributed by atoms with Gasteiger partial charge in [-0.15, -0.1) is 0 Å². The maximum atomic E-state index is 12.5. The summed E-state index contributed by atoms with van der Waals surface area (Å²) in [6.07, 6.45) is 6.02. The third-order valence-electron chi connectivity index (χ3n) is 5.42. The molecular formula is C20H28N2O2. The highest BCUT2D eigenvalue weighted by molar-refractivity contribution is 6.05. The molecule has 1 fully saturated rings. The number of carbonyl (C=O) groups is 2. The Morgan fingerprint density at radius 2 is 2.12 bits per heavy atom. The van der Waals surface area contributed by atoms with Crippen LogP contribution in [0.3, 0.4) is 0 Å². The van der Waals surface area contributed by atoms with Crippen LogP contribution in [0.4, 0.5) is 0 Å². The van der Waals surface area contributed by atoms with Crippen molar-refractivity contribution in [3.8, 4) is 0 Å². The van der Waals surface area contributed by atoms with Crippen molar-refractivity contribution in [1.82, 2.24) is 10.2 Å². The van der Waals surface area contributed by atoms with Crippen molar-refractivity contribution in [3.63, 3.8) is 0 Å². The Labute approximate surface area is 144 Å². The summed E-state index contributed by atoms with van der Waals surface area (Å²) in [5.74, 6) is 0.128. The molecule has 2 aliphatic rings. The van der Waals surface area contributed by atoms with Crippen molar-refractivity contribution in [2.24, 2.45) is 0 Å². The highest BCUT2D eigenvalue weighted by Gasteiger charge is 2.26. The van der Waals surface area contributed by atoms with E-state index >= 15 is 0 Å². The maximum absolute atomic E-state index is 12.5. The molecule has 1 heterocycles. The molecule has 4 heteroatoms. The lowest BCUT2D eigenvalue weighted by atomic mass is 9.97. The summed E-state index contributed by atoms with van der Waals surface area (Å²) in [4.78, 5) is 26.9. The summed E-state index contributed by atoms with van der Waals surface area (Å²) in [7, 11) is 0. The van der Waals surface area contributed by atoms with Gasteiger partial charge in [0.15, 0.2) is 5.78 Å². The number of amides is 1. The zero-order valence-electron chi connectivity index (χ0n) is 14.8. The summed E-state index contributed by atoms with van der Waals surface area (Å²) >= 11 is 0. The normalized spacial score (nSPS) is 21.1. The fourth-order valence-corrected chi connectivity index (χ4v) is 4.16. The van der Waals surface area contributed by atoms with Gasteiger partial charge in [-0.25, -0.2) is 0 Å². The van der Waals surface area contributed by atoms with E-state index in [0.717, 1.165) is 17.5 Å². The molecule has 1 N–H and O–H groups in total. The lowest BCUT2D eigenvalue weighted by molar-refractivity contribution is 0.0912. The number of nitrogens with one attached hydrogen (secondary N) is 1.